The molecule has 0 radical (unpaired) electrons. The molecule has 2 N–H and O–H groups in total. The highest BCUT2D eigenvalue weighted by Crippen LogP contribution is 2.33. The molecule has 7 heteroatoms. The molecule has 2 unspecified atom stereocenters. The number of anilines is 1. The molecular formula is C20H27ClN4O2. The van der Waals surface area contributed by atoms with Gasteiger partial charge in [0.15, 0.2) is 0 Å². The maximum atomic E-state index is 12.7. The standard InChI is InChI=1S/C20H27ClN4O2/c21-15-1-4-18(22-12-15)24-20(27)14-5-7-25(8-6-14)19(26)11-13-9-16-2-3-17(10-13)23-16/h1,4,12-14,16-17,23H,2-3,5-11H2,(H,22,24,27). The lowest BCUT2D eigenvalue weighted by molar-refractivity contribution is -0.135. The number of nitrogens with one attached hydrogen (secondary N) is 2. The minimum absolute atomic E-state index is 0.0214. The summed E-state index contributed by atoms with van der Waals surface area (Å²) in [6, 6.07) is 4.65. The molecule has 1 aromatic rings. The Bertz CT molecular complexity index is 676. The molecule has 1 aromatic heterocycles. The fraction of sp³-hybridized carbons (Fsp3) is 0.650. The molecule has 27 heavy (non-hydrogen) atoms. The van der Waals surface area contributed by atoms with E-state index in [4.69, 9.17) is 11.6 Å². The Balaban J connectivity index is 1.23. The Labute approximate surface area is 165 Å². The molecule has 0 aromatic carbocycles. The molecule has 2 atom stereocenters. The molecule has 2 bridgehead atoms. The molecule has 0 aliphatic carbocycles. The zero-order chi connectivity index (χ0) is 18.8. The number of pyridine rings is 1. The van der Waals surface area contributed by atoms with E-state index < -0.39 is 0 Å². The van der Waals surface area contributed by atoms with Crippen LogP contribution in [0.2, 0.25) is 5.02 Å². The van der Waals surface area contributed by atoms with Gasteiger partial charge < -0.3 is 15.5 Å². The van der Waals surface area contributed by atoms with Gasteiger partial charge in [-0.3, -0.25) is 9.59 Å². The minimum atomic E-state index is -0.0683. The number of piperidine rings is 2. The van der Waals surface area contributed by atoms with E-state index in [9.17, 15) is 9.59 Å². The van der Waals surface area contributed by atoms with Crippen LogP contribution in [0.4, 0.5) is 5.82 Å². The van der Waals surface area contributed by atoms with Crippen LogP contribution < -0.4 is 10.6 Å². The largest absolute Gasteiger partial charge is 0.343 e. The summed E-state index contributed by atoms with van der Waals surface area (Å²) in [6.45, 7) is 1.34. The van der Waals surface area contributed by atoms with Gasteiger partial charge in [-0.15, -0.1) is 0 Å². The molecular weight excluding hydrogens is 364 g/mol. The first-order chi connectivity index (χ1) is 13.1. The number of fused-ring (bicyclic) bond motifs is 2. The number of halogens is 1. The first kappa shape index (κ1) is 18.7. The van der Waals surface area contributed by atoms with E-state index in [1.807, 2.05) is 4.90 Å². The number of carbonyl (C=O) groups excluding carboxylic acids is 2. The number of likely N-dealkylation sites (tertiary alicyclic amines) is 1. The van der Waals surface area contributed by atoms with E-state index in [1.54, 1.807) is 12.1 Å². The summed E-state index contributed by atoms with van der Waals surface area (Å²) >= 11 is 5.82. The van der Waals surface area contributed by atoms with Gasteiger partial charge in [0.2, 0.25) is 11.8 Å². The Kier molecular flexibility index (Phi) is 5.64. The lowest BCUT2D eigenvalue weighted by Gasteiger charge is -2.34. The third-order valence-electron chi connectivity index (χ3n) is 6.23. The van der Waals surface area contributed by atoms with Gasteiger partial charge in [-0.05, 0) is 56.6 Å². The lowest BCUT2D eigenvalue weighted by atomic mass is 9.88. The van der Waals surface area contributed by atoms with Crippen LogP contribution in [-0.2, 0) is 9.59 Å². The van der Waals surface area contributed by atoms with Gasteiger partial charge in [0.25, 0.3) is 0 Å². The van der Waals surface area contributed by atoms with Crippen LogP contribution in [0.1, 0.15) is 44.9 Å². The topological polar surface area (TPSA) is 74.3 Å². The van der Waals surface area contributed by atoms with Crippen LogP contribution >= 0.6 is 11.6 Å². The number of amides is 2. The highest BCUT2D eigenvalue weighted by molar-refractivity contribution is 6.30. The van der Waals surface area contributed by atoms with Gasteiger partial charge in [0.1, 0.15) is 5.82 Å². The van der Waals surface area contributed by atoms with Crippen LogP contribution in [0.15, 0.2) is 18.3 Å². The molecule has 4 heterocycles. The summed E-state index contributed by atoms with van der Waals surface area (Å²) in [4.78, 5) is 31.2. The van der Waals surface area contributed by atoms with Crippen LogP contribution in [-0.4, -0.2) is 46.9 Å². The van der Waals surface area contributed by atoms with Gasteiger partial charge in [-0.2, -0.15) is 0 Å². The van der Waals surface area contributed by atoms with E-state index in [2.05, 4.69) is 15.6 Å². The number of aromatic nitrogens is 1. The van der Waals surface area contributed by atoms with Crippen molar-refractivity contribution in [3.05, 3.63) is 23.4 Å². The smallest absolute Gasteiger partial charge is 0.228 e. The molecule has 4 rings (SSSR count). The zero-order valence-corrected chi connectivity index (χ0v) is 16.3. The van der Waals surface area contributed by atoms with Crippen molar-refractivity contribution in [3.63, 3.8) is 0 Å². The number of hydrogen-bond donors (Lipinski definition) is 2. The first-order valence-corrected chi connectivity index (χ1v) is 10.4. The normalized spacial score (nSPS) is 28.2. The van der Waals surface area contributed by atoms with Crippen molar-refractivity contribution in [1.29, 1.82) is 0 Å². The molecule has 3 fully saturated rings. The Hall–Kier alpha value is -1.66. The third-order valence-corrected chi connectivity index (χ3v) is 6.45. The summed E-state index contributed by atoms with van der Waals surface area (Å²) < 4.78 is 0. The molecule has 3 aliphatic rings. The predicted molar refractivity (Wildman–Crippen MR) is 104 cm³/mol. The highest BCUT2D eigenvalue weighted by Gasteiger charge is 2.35. The fourth-order valence-corrected chi connectivity index (χ4v) is 4.90. The number of carbonyl (C=O) groups is 2. The summed E-state index contributed by atoms with van der Waals surface area (Å²) in [5.41, 5.74) is 0. The molecule has 3 saturated heterocycles. The summed E-state index contributed by atoms with van der Waals surface area (Å²) in [6.07, 6.45) is 8.40. The van der Waals surface area contributed by atoms with E-state index >= 15 is 0 Å². The van der Waals surface area contributed by atoms with E-state index in [1.165, 1.54) is 19.0 Å². The molecule has 3 aliphatic heterocycles. The van der Waals surface area contributed by atoms with Gasteiger partial charge in [-0.25, -0.2) is 4.98 Å². The van der Waals surface area contributed by atoms with Crippen molar-refractivity contribution in [3.8, 4) is 0 Å². The van der Waals surface area contributed by atoms with Gasteiger partial charge >= 0.3 is 0 Å². The van der Waals surface area contributed by atoms with Gasteiger partial charge in [-0.1, -0.05) is 11.6 Å². The zero-order valence-electron chi connectivity index (χ0n) is 15.5. The number of hydrogen-bond acceptors (Lipinski definition) is 4. The highest BCUT2D eigenvalue weighted by atomic mass is 35.5. The maximum absolute atomic E-state index is 12.7. The minimum Gasteiger partial charge on any atom is -0.343 e. The summed E-state index contributed by atoms with van der Waals surface area (Å²) in [5, 5.41) is 7.02. The van der Waals surface area contributed by atoms with Crippen molar-refractivity contribution in [2.75, 3.05) is 18.4 Å². The summed E-state index contributed by atoms with van der Waals surface area (Å²) in [5.74, 6) is 1.21. The first-order valence-electron chi connectivity index (χ1n) is 10.0. The van der Waals surface area contributed by atoms with Crippen molar-refractivity contribution >= 4 is 29.2 Å². The maximum Gasteiger partial charge on any atom is 0.228 e. The second-order valence-electron chi connectivity index (χ2n) is 8.19. The quantitative estimate of drug-likeness (QED) is 0.829. The number of rotatable bonds is 4. The molecule has 0 saturated carbocycles. The predicted octanol–water partition coefficient (Wildman–Crippen LogP) is 2.83. The molecule has 0 spiro atoms. The van der Waals surface area contributed by atoms with Gasteiger partial charge in [0, 0.05) is 43.7 Å². The molecule has 2 amide bonds. The van der Waals surface area contributed by atoms with E-state index in [0.717, 1.165) is 12.8 Å². The lowest BCUT2D eigenvalue weighted by Crippen LogP contribution is -2.44. The van der Waals surface area contributed by atoms with E-state index in [-0.39, 0.29) is 17.7 Å². The monoisotopic (exact) mass is 390 g/mol. The fourth-order valence-electron chi connectivity index (χ4n) is 4.79. The number of nitrogens with zero attached hydrogens (tertiary/aromatic N) is 2. The van der Waals surface area contributed by atoms with Crippen LogP contribution in [0.3, 0.4) is 0 Å². The average molecular weight is 391 g/mol. The Morgan fingerprint density at radius 2 is 1.85 bits per heavy atom. The van der Waals surface area contributed by atoms with Crippen LogP contribution in [0.5, 0.6) is 0 Å². The Morgan fingerprint density at radius 1 is 1.15 bits per heavy atom. The van der Waals surface area contributed by atoms with Crippen molar-refractivity contribution in [2.45, 2.75) is 57.0 Å². The average Bonchev–Trinajstić information content (AvgIpc) is 3.02. The van der Waals surface area contributed by atoms with Crippen LogP contribution in [0.25, 0.3) is 0 Å². The Morgan fingerprint density at radius 3 is 2.48 bits per heavy atom. The SMILES string of the molecule is O=C(Nc1ccc(Cl)cn1)C1CCN(C(=O)CC2CC3CCC(C2)N3)CC1. The molecule has 6 nitrogen and oxygen atoms in total. The van der Waals surface area contributed by atoms with Crippen molar-refractivity contribution in [1.82, 2.24) is 15.2 Å². The third kappa shape index (κ3) is 4.61. The second-order valence-corrected chi connectivity index (χ2v) is 8.62. The van der Waals surface area contributed by atoms with E-state index in [0.29, 0.717) is 61.2 Å². The van der Waals surface area contributed by atoms with Crippen molar-refractivity contribution < 1.29 is 9.59 Å². The molecule has 146 valence electrons. The summed E-state index contributed by atoms with van der Waals surface area (Å²) in [7, 11) is 0. The van der Waals surface area contributed by atoms with Gasteiger partial charge in [0.05, 0.1) is 5.02 Å². The van der Waals surface area contributed by atoms with Crippen LogP contribution in [0, 0.1) is 11.8 Å². The van der Waals surface area contributed by atoms with Crippen molar-refractivity contribution in [2.24, 2.45) is 11.8 Å². The second kappa shape index (κ2) is 8.15.